The smallest absolute Gasteiger partial charge is 0.356 e. The number of carbonyl (C=O) groups excluding carboxylic acids is 1. The van der Waals surface area contributed by atoms with E-state index in [1.807, 2.05) is 6.92 Å². The van der Waals surface area contributed by atoms with Crippen molar-refractivity contribution >= 4 is 23.1 Å². The summed E-state index contributed by atoms with van der Waals surface area (Å²) in [6, 6.07) is 7.15. The molecule has 0 bridgehead atoms. The number of hydrogen-bond donors (Lipinski definition) is 1. The molecule has 1 aromatic heterocycles. The number of carbonyl (C=O) groups is 2. The molecule has 0 radical (unpaired) electrons. The quantitative estimate of drug-likeness (QED) is 0.856. The minimum Gasteiger partial charge on any atom is -0.494 e. The van der Waals surface area contributed by atoms with Crippen molar-refractivity contribution < 1.29 is 19.4 Å². The summed E-state index contributed by atoms with van der Waals surface area (Å²) < 4.78 is 5.34. The van der Waals surface area contributed by atoms with E-state index in [1.54, 1.807) is 24.3 Å². The molecule has 1 aromatic carbocycles. The van der Waals surface area contributed by atoms with Gasteiger partial charge in [-0.05, 0) is 31.2 Å². The number of carboxylic acids is 1. The van der Waals surface area contributed by atoms with Gasteiger partial charge in [0.2, 0.25) is 0 Å². The molecule has 20 heavy (non-hydrogen) atoms. The van der Waals surface area contributed by atoms with E-state index in [0.717, 1.165) is 22.6 Å². The highest BCUT2D eigenvalue weighted by atomic mass is 32.1. The molecule has 1 heterocycles. The van der Waals surface area contributed by atoms with Crippen molar-refractivity contribution in [3.05, 3.63) is 34.8 Å². The fourth-order valence-electron chi connectivity index (χ4n) is 1.69. The van der Waals surface area contributed by atoms with Crippen molar-refractivity contribution in [1.82, 2.24) is 4.98 Å². The van der Waals surface area contributed by atoms with E-state index in [9.17, 15) is 9.59 Å². The number of Topliss-reactive ketones (excluding diaryl/α,β-unsaturated/α-hetero) is 1. The van der Waals surface area contributed by atoms with Crippen LogP contribution in [0, 0.1) is 0 Å². The third kappa shape index (κ3) is 2.85. The monoisotopic (exact) mass is 291 g/mol. The van der Waals surface area contributed by atoms with Crippen LogP contribution in [0.1, 0.15) is 34.0 Å². The number of ether oxygens (including phenoxy) is 1. The molecule has 0 aliphatic heterocycles. The molecule has 0 aliphatic carbocycles. The zero-order valence-electron chi connectivity index (χ0n) is 11.0. The first-order chi connectivity index (χ1) is 9.52. The van der Waals surface area contributed by atoms with Gasteiger partial charge in [-0.15, -0.1) is 11.3 Å². The molecule has 0 saturated carbocycles. The molecule has 6 heteroatoms. The van der Waals surface area contributed by atoms with E-state index < -0.39 is 5.97 Å². The van der Waals surface area contributed by atoms with Gasteiger partial charge in [0.15, 0.2) is 11.5 Å². The van der Waals surface area contributed by atoms with Crippen molar-refractivity contribution in [1.29, 1.82) is 0 Å². The van der Waals surface area contributed by atoms with E-state index in [0.29, 0.717) is 11.6 Å². The molecule has 2 aromatic rings. The maximum atomic E-state index is 11.4. The zero-order valence-corrected chi connectivity index (χ0v) is 11.9. The SMILES string of the molecule is CCOc1ccc(-c2nc(C(=O)O)c(C(C)=O)s2)cc1. The minimum absolute atomic E-state index is 0.168. The number of hydrogen-bond acceptors (Lipinski definition) is 5. The Morgan fingerprint density at radius 2 is 1.95 bits per heavy atom. The molecule has 2 rings (SSSR count). The molecule has 0 unspecified atom stereocenters. The lowest BCUT2D eigenvalue weighted by molar-refractivity contribution is 0.0687. The van der Waals surface area contributed by atoms with Crippen LogP contribution in [-0.4, -0.2) is 28.4 Å². The number of thiazole rings is 1. The molecule has 1 N–H and O–H groups in total. The van der Waals surface area contributed by atoms with E-state index >= 15 is 0 Å². The summed E-state index contributed by atoms with van der Waals surface area (Å²) in [5.41, 5.74) is 0.569. The minimum atomic E-state index is -1.19. The molecule has 0 aliphatic rings. The lowest BCUT2D eigenvalue weighted by Gasteiger charge is -2.02. The van der Waals surface area contributed by atoms with E-state index in [1.165, 1.54) is 6.92 Å². The average molecular weight is 291 g/mol. The first-order valence-electron chi connectivity index (χ1n) is 6.01. The summed E-state index contributed by atoms with van der Waals surface area (Å²) in [5.74, 6) is -0.751. The van der Waals surface area contributed by atoms with Gasteiger partial charge in [0.05, 0.1) is 6.61 Å². The normalized spacial score (nSPS) is 10.3. The third-order valence-corrected chi connectivity index (χ3v) is 3.77. The molecule has 0 amide bonds. The van der Waals surface area contributed by atoms with E-state index in [2.05, 4.69) is 4.98 Å². The molecular weight excluding hydrogens is 278 g/mol. The molecule has 104 valence electrons. The van der Waals surface area contributed by atoms with Gasteiger partial charge in [-0.3, -0.25) is 4.79 Å². The molecule has 5 nitrogen and oxygen atoms in total. The van der Waals surface area contributed by atoms with Crippen LogP contribution >= 0.6 is 11.3 Å². The van der Waals surface area contributed by atoms with Gasteiger partial charge in [0.1, 0.15) is 15.6 Å². The topological polar surface area (TPSA) is 76.5 Å². The summed E-state index contributed by atoms with van der Waals surface area (Å²) >= 11 is 1.09. The lowest BCUT2D eigenvalue weighted by Crippen LogP contribution is -2.03. The maximum absolute atomic E-state index is 11.4. The standard InChI is InChI=1S/C14H13NO4S/c1-3-19-10-6-4-9(5-7-10)13-15-11(14(17)18)12(20-13)8(2)16/h4-7H,3H2,1-2H3,(H,17,18). The van der Waals surface area contributed by atoms with Crippen LogP contribution < -0.4 is 4.74 Å². The van der Waals surface area contributed by atoms with Crippen LogP contribution in [0.15, 0.2) is 24.3 Å². The molecule has 0 spiro atoms. The molecular formula is C14H13NO4S. The number of carboxylic acid groups (broad SMARTS) is 1. The molecule has 0 fully saturated rings. The highest BCUT2D eigenvalue weighted by Gasteiger charge is 2.21. The van der Waals surface area contributed by atoms with Crippen molar-refractivity contribution in [2.45, 2.75) is 13.8 Å². The second-order valence-corrected chi connectivity index (χ2v) is 5.01. The van der Waals surface area contributed by atoms with E-state index in [4.69, 9.17) is 9.84 Å². The van der Waals surface area contributed by atoms with Gasteiger partial charge >= 0.3 is 5.97 Å². The first-order valence-corrected chi connectivity index (χ1v) is 6.83. The van der Waals surface area contributed by atoms with Crippen molar-refractivity contribution in [3.63, 3.8) is 0 Å². The Morgan fingerprint density at radius 1 is 1.30 bits per heavy atom. The van der Waals surface area contributed by atoms with Crippen LogP contribution in [0.2, 0.25) is 0 Å². The lowest BCUT2D eigenvalue weighted by atomic mass is 10.2. The second-order valence-electron chi connectivity index (χ2n) is 4.02. The highest BCUT2D eigenvalue weighted by molar-refractivity contribution is 7.17. The average Bonchev–Trinajstić information content (AvgIpc) is 2.85. The van der Waals surface area contributed by atoms with Gasteiger partial charge in [-0.2, -0.15) is 0 Å². The third-order valence-electron chi connectivity index (χ3n) is 2.56. The molecule has 0 saturated heterocycles. The number of rotatable bonds is 5. The van der Waals surface area contributed by atoms with Crippen molar-refractivity contribution in [3.8, 4) is 16.3 Å². The fourth-order valence-corrected chi connectivity index (χ4v) is 2.65. The second kappa shape index (κ2) is 5.83. The summed E-state index contributed by atoms with van der Waals surface area (Å²) in [6.45, 7) is 3.81. The van der Waals surface area contributed by atoms with Gasteiger partial charge in [-0.1, -0.05) is 0 Å². The number of nitrogens with zero attached hydrogens (tertiary/aromatic N) is 1. The van der Waals surface area contributed by atoms with Crippen LogP contribution in [0.3, 0.4) is 0 Å². The number of benzene rings is 1. The van der Waals surface area contributed by atoms with Crippen LogP contribution in [-0.2, 0) is 0 Å². The summed E-state index contributed by atoms with van der Waals surface area (Å²) in [6.07, 6.45) is 0. The highest BCUT2D eigenvalue weighted by Crippen LogP contribution is 2.29. The Kier molecular flexibility index (Phi) is 4.14. The summed E-state index contributed by atoms with van der Waals surface area (Å²) in [4.78, 5) is 26.7. The van der Waals surface area contributed by atoms with Gasteiger partial charge in [-0.25, -0.2) is 9.78 Å². The van der Waals surface area contributed by atoms with Gasteiger partial charge in [0, 0.05) is 12.5 Å². The van der Waals surface area contributed by atoms with Gasteiger partial charge < -0.3 is 9.84 Å². The fraction of sp³-hybridized carbons (Fsp3) is 0.214. The van der Waals surface area contributed by atoms with Gasteiger partial charge in [0.25, 0.3) is 0 Å². The Morgan fingerprint density at radius 3 is 2.40 bits per heavy atom. The Bertz CT molecular complexity index is 614. The zero-order chi connectivity index (χ0) is 14.7. The van der Waals surface area contributed by atoms with Crippen molar-refractivity contribution in [2.75, 3.05) is 6.61 Å². The Labute approximate surface area is 119 Å². The Hall–Kier alpha value is -2.21. The van der Waals surface area contributed by atoms with Crippen molar-refractivity contribution in [2.24, 2.45) is 0 Å². The number of ketones is 1. The first kappa shape index (κ1) is 14.2. The number of aromatic nitrogens is 1. The number of aromatic carboxylic acids is 1. The largest absolute Gasteiger partial charge is 0.494 e. The van der Waals surface area contributed by atoms with Crippen LogP contribution in [0.4, 0.5) is 0 Å². The maximum Gasteiger partial charge on any atom is 0.356 e. The summed E-state index contributed by atoms with van der Waals surface area (Å²) in [7, 11) is 0. The van der Waals surface area contributed by atoms with E-state index in [-0.39, 0.29) is 16.4 Å². The molecule has 0 atom stereocenters. The predicted molar refractivity (Wildman–Crippen MR) is 75.7 cm³/mol. The summed E-state index contributed by atoms with van der Waals surface area (Å²) in [5, 5.41) is 9.57. The van der Waals surface area contributed by atoms with Crippen LogP contribution in [0.25, 0.3) is 10.6 Å². The van der Waals surface area contributed by atoms with Crippen LogP contribution in [0.5, 0.6) is 5.75 Å². The predicted octanol–water partition coefficient (Wildman–Crippen LogP) is 3.11. The Balaban J connectivity index is 2.40.